The molecule has 1 aromatic carbocycles. The molecule has 4 heteroatoms. The fourth-order valence-electron chi connectivity index (χ4n) is 2.94. The highest BCUT2D eigenvalue weighted by Crippen LogP contribution is 2.36. The van der Waals surface area contributed by atoms with Crippen molar-refractivity contribution in [2.45, 2.75) is 26.7 Å². The Bertz CT molecular complexity index is 483. The Morgan fingerprint density at radius 3 is 2.35 bits per heavy atom. The molecule has 0 unspecified atom stereocenters. The quantitative estimate of drug-likeness (QED) is 0.898. The monoisotopic (exact) mass is 276 g/mol. The zero-order valence-corrected chi connectivity index (χ0v) is 12.6. The van der Waals surface area contributed by atoms with Gasteiger partial charge in [-0.25, -0.2) is 0 Å². The number of carboxylic acids is 1. The van der Waals surface area contributed by atoms with Crippen molar-refractivity contribution in [3.8, 4) is 0 Å². The van der Waals surface area contributed by atoms with Crippen molar-refractivity contribution in [3.05, 3.63) is 24.3 Å². The number of benzene rings is 1. The molecule has 1 aromatic rings. The topological polar surface area (TPSA) is 43.8 Å². The van der Waals surface area contributed by atoms with Gasteiger partial charge in [-0.1, -0.05) is 26.0 Å². The van der Waals surface area contributed by atoms with E-state index in [1.165, 1.54) is 5.69 Å². The van der Waals surface area contributed by atoms with Crippen molar-refractivity contribution in [2.24, 2.45) is 5.41 Å². The number of aliphatic carboxylic acids is 1. The van der Waals surface area contributed by atoms with Gasteiger partial charge in [-0.3, -0.25) is 4.79 Å². The van der Waals surface area contributed by atoms with E-state index in [-0.39, 0.29) is 0 Å². The number of anilines is 2. The average molecular weight is 276 g/mol. The van der Waals surface area contributed by atoms with Crippen LogP contribution >= 0.6 is 0 Å². The Morgan fingerprint density at radius 2 is 1.80 bits per heavy atom. The maximum Gasteiger partial charge on any atom is 0.311 e. The molecule has 0 amide bonds. The van der Waals surface area contributed by atoms with Crippen molar-refractivity contribution in [1.29, 1.82) is 0 Å². The molecule has 0 aliphatic carbocycles. The molecule has 0 saturated carbocycles. The predicted molar refractivity (Wildman–Crippen MR) is 82.6 cm³/mol. The van der Waals surface area contributed by atoms with Gasteiger partial charge >= 0.3 is 5.97 Å². The van der Waals surface area contributed by atoms with Gasteiger partial charge in [0.1, 0.15) is 0 Å². The largest absolute Gasteiger partial charge is 0.481 e. The summed E-state index contributed by atoms with van der Waals surface area (Å²) in [7, 11) is 2.08. The van der Waals surface area contributed by atoms with Crippen LogP contribution in [0.15, 0.2) is 24.3 Å². The van der Waals surface area contributed by atoms with Gasteiger partial charge in [0.05, 0.1) is 16.8 Å². The molecule has 1 aliphatic heterocycles. The Labute approximate surface area is 121 Å². The summed E-state index contributed by atoms with van der Waals surface area (Å²) < 4.78 is 0. The number of rotatable bonds is 5. The number of carboxylic acid groups (broad SMARTS) is 1. The first kappa shape index (κ1) is 14.7. The molecule has 4 nitrogen and oxygen atoms in total. The van der Waals surface area contributed by atoms with Crippen molar-refractivity contribution < 1.29 is 9.90 Å². The molecular weight excluding hydrogens is 252 g/mol. The molecule has 0 aromatic heterocycles. The molecule has 1 aliphatic rings. The Morgan fingerprint density at radius 1 is 1.20 bits per heavy atom. The third-order valence-electron chi connectivity index (χ3n) is 4.64. The van der Waals surface area contributed by atoms with Crippen LogP contribution in [-0.4, -0.2) is 37.8 Å². The number of nitrogens with zero attached hydrogens (tertiary/aromatic N) is 2. The second-order valence-corrected chi connectivity index (χ2v) is 5.62. The van der Waals surface area contributed by atoms with Crippen molar-refractivity contribution >= 4 is 17.3 Å². The number of hydrogen-bond donors (Lipinski definition) is 1. The summed E-state index contributed by atoms with van der Waals surface area (Å²) in [6.07, 6.45) is 1.32. The van der Waals surface area contributed by atoms with E-state index < -0.39 is 11.4 Å². The van der Waals surface area contributed by atoms with Crippen LogP contribution in [0.4, 0.5) is 11.4 Å². The molecule has 0 atom stereocenters. The second kappa shape index (κ2) is 5.73. The Kier molecular flexibility index (Phi) is 4.21. The highest BCUT2D eigenvalue weighted by molar-refractivity contribution is 5.78. The first-order chi connectivity index (χ1) is 9.54. The van der Waals surface area contributed by atoms with Crippen LogP contribution in [0.25, 0.3) is 0 Å². The van der Waals surface area contributed by atoms with Crippen LogP contribution in [0, 0.1) is 5.41 Å². The minimum Gasteiger partial charge on any atom is -0.481 e. The Balaban J connectivity index is 2.31. The van der Waals surface area contributed by atoms with Gasteiger partial charge in [0.2, 0.25) is 0 Å². The van der Waals surface area contributed by atoms with E-state index in [0.717, 1.165) is 18.8 Å². The highest BCUT2D eigenvalue weighted by atomic mass is 16.4. The maximum atomic E-state index is 11.7. The summed E-state index contributed by atoms with van der Waals surface area (Å²) in [4.78, 5) is 16.2. The first-order valence-corrected chi connectivity index (χ1v) is 7.32. The standard InChI is InChI=1S/C16H24N2O2/c1-4-16(5-2,15(19)20)12-18-11-10-17(3)13-8-6-7-9-14(13)18/h6-9H,4-5,10-12H2,1-3H3,(H,19,20). The van der Waals surface area contributed by atoms with E-state index in [1.807, 2.05) is 26.0 Å². The van der Waals surface area contributed by atoms with Crippen LogP contribution in [0.5, 0.6) is 0 Å². The number of carbonyl (C=O) groups is 1. The lowest BCUT2D eigenvalue weighted by atomic mass is 9.81. The van der Waals surface area contributed by atoms with E-state index in [9.17, 15) is 9.90 Å². The number of likely N-dealkylation sites (N-methyl/N-ethyl adjacent to an activating group) is 1. The van der Waals surface area contributed by atoms with Gasteiger partial charge in [0, 0.05) is 26.7 Å². The second-order valence-electron chi connectivity index (χ2n) is 5.62. The molecule has 0 bridgehead atoms. The zero-order chi connectivity index (χ0) is 14.8. The van der Waals surface area contributed by atoms with Gasteiger partial charge in [0.25, 0.3) is 0 Å². The van der Waals surface area contributed by atoms with Gasteiger partial charge in [-0.15, -0.1) is 0 Å². The third-order valence-corrected chi connectivity index (χ3v) is 4.64. The summed E-state index contributed by atoms with van der Waals surface area (Å²) in [6.45, 7) is 6.34. The molecule has 0 spiro atoms. The van der Waals surface area contributed by atoms with E-state index in [2.05, 4.69) is 29.0 Å². The molecule has 110 valence electrons. The summed E-state index contributed by atoms with van der Waals surface area (Å²) in [5.74, 6) is -0.682. The molecule has 0 saturated heterocycles. The molecule has 1 N–H and O–H groups in total. The van der Waals surface area contributed by atoms with E-state index in [0.29, 0.717) is 19.4 Å². The van der Waals surface area contributed by atoms with E-state index in [4.69, 9.17) is 0 Å². The van der Waals surface area contributed by atoms with Crippen LogP contribution in [0.1, 0.15) is 26.7 Å². The number of para-hydroxylation sites is 2. The molecular formula is C16H24N2O2. The smallest absolute Gasteiger partial charge is 0.311 e. The van der Waals surface area contributed by atoms with Crippen molar-refractivity contribution in [1.82, 2.24) is 0 Å². The SMILES string of the molecule is CCC(CC)(CN1CCN(C)c2ccccc21)C(=O)O. The fraction of sp³-hybridized carbons (Fsp3) is 0.562. The summed E-state index contributed by atoms with van der Waals surface area (Å²) >= 11 is 0. The molecule has 2 rings (SSSR count). The van der Waals surface area contributed by atoms with Crippen molar-refractivity contribution in [3.63, 3.8) is 0 Å². The van der Waals surface area contributed by atoms with Crippen LogP contribution in [-0.2, 0) is 4.79 Å². The highest BCUT2D eigenvalue weighted by Gasteiger charge is 2.38. The molecule has 0 fully saturated rings. The maximum absolute atomic E-state index is 11.7. The van der Waals surface area contributed by atoms with E-state index >= 15 is 0 Å². The van der Waals surface area contributed by atoms with Gasteiger partial charge in [-0.05, 0) is 25.0 Å². The fourth-order valence-corrected chi connectivity index (χ4v) is 2.94. The average Bonchev–Trinajstić information content (AvgIpc) is 2.47. The minimum atomic E-state index is -0.682. The minimum absolute atomic E-state index is 0.584. The number of fused-ring (bicyclic) bond motifs is 1. The lowest BCUT2D eigenvalue weighted by Gasteiger charge is -2.41. The summed E-state index contributed by atoms with van der Waals surface area (Å²) in [6, 6.07) is 8.24. The van der Waals surface area contributed by atoms with E-state index in [1.54, 1.807) is 0 Å². The number of hydrogen-bond acceptors (Lipinski definition) is 3. The predicted octanol–water partition coefficient (Wildman–Crippen LogP) is 2.83. The summed E-state index contributed by atoms with van der Waals surface area (Å²) in [5, 5.41) is 9.62. The van der Waals surface area contributed by atoms with Crippen LogP contribution in [0.3, 0.4) is 0 Å². The van der Waals surface area contributed by atoms with Gasteiger partial charge in [0.15, 0.2) is 0 Å². The molecule has 20 heavy (non-hydrogen) atoms. The Hall–Kier alpha value is -1.71. The molecule has 1 heterocycles. The lowest BCUT2D eigenvalue weighted by molar-refractivity contribution is -0.148. The molecule has 0 radical (unpaired) electrons. The van der Waals surface area contributed by atoms with Crippen molar-refractivity contribution in [2.75, 3.05) is 36.5 Å². The summed E-state index contributed by atoms with van der Waals surface area (Å²) in [5.41, 5.74) is 1.68. The lowest BCUT2D eigenvalue weighted by Crippen LogP contribution is -2.47. The van der Waals surface area contributed by atoms with Crippen LogP contribution < -0.4 is 9.80 Å². The normalized spacial score (nSPS) is 15.2. The first-order valence-electron chi connectivity index (χ1n) is 7.32. The zero-order valence-electron chi connectivity index (χ0n) is 12.6. The van der Waals surface area contributed by atoms with Gasteiger partial charge in [-0.2, -0.15) is 0 Å². The van der Waals surface area contributed by atoms with Gasteiger partial charge < -0.3 is 14.9 Å². The third kappa shape index (κ3) is 2.47. The van der Waals surface area contributed by atoms with Crippen LogP contribution in [0.2, 0.25) is 0 Å².